The molecule has 0 aliphatic carbocycles. The lowest BCUT2D eigenvalue weighted by Gasteiger charge is -2.31. The number of benzene rings is 1. The highest BCUT2D eigenvalue weighted by Gasteiger charge is 2.30. The Morgan fingerprint density at radius 1 is 1.48 bits per heavy atom. The minimum atomic E-state index is -0.830. The van der Waals surface area contributed by atoms with E-state index in [4.69, 9.17) is 0 Å². The molecule has 0 spiro atoms. The summed E-state index contributed by atoms with van der Waals surface area (Å²) in [7, 11) is -0.830. The van der Waals surface area contributed by atoms with Gasteiger partial charge in [-0.15, -0.1) is 0 Å². The molecule has 4 nitrogen and oxygen atoms in total. The van der Waals surface area contributed by atoms with Crippen molar-refractivity contribution < 1.29 is 9.00 Å². The van der Waals surface area contributed by atoms with Crippen LogP contribution >= 0.6 is 0 Å². The molecule has 1 aromatic carbocycles. The quantitative estimate of drug-likeness (QED) is 0.874. The molecule has 1 aliphatic rings. The first-order valence-electron chi connectivity index (χ1n) is 7.43. The van der Waals surface area contributed by atoms with Crippen molar-refractivity contribution in [2.75, 3.05) is 18.1 Å². The number of hydrogen-bond acceptors (Lipinski definition) is 3. The van der Waals surface area contributed by atoms with Crippen molar-refractivity contribution in [1.82, 2.24) is 5.32 Å². The number of rotatable bonds is 5. The summed E-state index contributed by atoms with van der Waals surface area (Å²) in [4.78, 5) is 12.3. The number of amides is 1. The van der Waals surface area contributed by atoms with Crippen LogP contribution in [-0.2, 0) is 22.0 Å². The van der Waals surface area contributed by atoms with Gasteiger partial charge in [0.1, 0.15) is 0 Å². The number of nitrogens with one attached hydrogen (secondary N) is 2. The maximum absolute atomic E-state index is 12.3. The summed E-state index contributed by atoms with van der Waals surface area (Å²) < 4.78 is 11.3. The first-order chi connectivity index (χ1) is 9.99. The number of para-hydroxylation sites is 1. The van der Waals surface area contributed by atoms with Crippen molar-refractivity contribution >= 4 is 22.4 Å². The molecule has 21 heavy (non-hydrogen) atoms. The number of hydrogen-bond donors (Lipinski definition) is 2. The third kappa shape index (κ3) is 4.06. The second-order valence-corrected chi connectivity index (χ2v) is 7.59. The molecule has 0 aromatic heterocycles. The van der Waals surface area contributed by atoms with Gasteiger partial charge in [0, 0.05) is 40.6 Å². The highest BCUT2D eigenvalue weighted by Crippen LogP contribution is 2.28. The molecule has 2 N–H and O–H groups in total. The zero-order valence-corrected chi connectivity index (χ0v) is 13.7. The maximum Gasteiger partial charge on any atom is 0.225 e. The van der Waals surface area contributed by atoms with Gasteiger partial charge in [0.05, 0.1) is 5.92 Å². The molecule has 116 valence electrons. The third-order valence-corrected chi connectivity index (χ3v) is 5.57. The fourth-order valence-corrected chi connectivity index (χ4v) is 3.06. The van der Waals surface area contributed by atoms with E-state index in [-0.39, 0.29) is 23.1 Å². The highest BCUT2D eigenvalue weighted by molar-refractivity contribution is 7.84. The standard InChI is InChI=1S/C16H24N2O2S/c1-11(21(3)20)8-9-17-16(19)14-10-13-6-4-5-7-15(13)18-12(14)2/h4-7,11-12,14,18H,8-10H2,1-3H3,(H,17,19). The number of anilines is 1. The van der Waals surface area contributed by atoms with Gasteiger partial charge in [-0.25, -0.2) is 0 Å². The van der Waals surface area contributed by atoms with Crippen LogP contribution < -0.4 is 10.6 Å². The predicted molar refractivity (Wildman–Crippen MR) is 87.9 cm³/mol. The molecule has 0 bridgehead atoms. The first kappa shape index (κ1) is 16.0. The van der Waals surface area contributed by atoms with Crippen LogP contribution in [0.15, 0.2) is 24.3 Å². The van der Waals surface area contributed by atoms with Gasteiger partial charge < -0.3 is 10.6 Å². The van der Waals surface area contributed by atoms with Crippen molar-refractivity contribution in [3.63, 3.8) is 0 Å². The molecule has 4 unspecified atom stereocenters. The summed E-state index contributed by atoms with van der Waals surface area (Å²) >= 11 is 0. The molecular formula is C16H24N2O2S. The minimum Gasteiger partial charge on any atom is -0.382 e. The van der Waals surface area contributed by atoms with E-state index < -0.39 is 10.8 Å². The average molecular weight is 308 g/mol. The summed E-state index contributed by atoms with van der Waals surface area (Å²) in [6.45, 7) is 4.58. The third-order valence-electron chi connectivity index (χ3n) is 4.20. The van der Waals surface area contributed by atoms with Crippen LogP contribution in [0.1, 0.15) is 25.8 Å². The molecule has 5 heteroatoms. The van der Waals surface area contributed by atoms with E-state index in [2.05, 4.69) is 22.8 Å². The monoisotopic (exact) mass is 308 g/mol. The van der Waals surface area contributed by atoms with Crippen LogP contribution in [0.25, 0.3) is 0 Å². The molecule has 1 aromatic rings. The van der Waals surface area contributed by atoms with Crippen molar-refractivity contribution in [1.29, 1.82) is 0 Å². The Hall–Kier alpha value is -1.36. The lowest BCUT2D eigenvalue weighted by Crippen LogP contribution is -2.44. The molecule has 4 atom stereocenters. The van der Waals surface area contributed by atoms with Gasteiger partial charge in [0.15, 0.2) is 0 Å². The smallest absolute Gasteiger partial charge is 0.225 e. The van der Waals surface area contributed by atoms with Crippen molar-refractivity contribution in [2.24, 2.45) is 5.92 Å². The van der Waals surface area contributed by atoms with E-state index in [1.807, 2.05) is 26.0 Å². The Labute approximate surface area is 129 Å². The number of fused-ring (bicyclic) bond motifs is 1. The van der Waals surface area contributed by atoms with Gasteiger partial charge in [0.2, 0.25) is 5.91 Å². The van der Waals surface area contributed by atoms with E-state index in [0.29, 0.717) is 6.54 Å². The highest BCUT2D eigenvalue weighted by atomic mass is 32.2. The van der Waals surface area contributed by atoms with E-state index in [1.165, 1.54) is 5.56 Å². The largest absolute Gasteiger partial charge is 0.382 e. The normalized spacial score (nSPS) is 23.6. The summed E-state index contributed by atoms with van der Waals surface area (Å²) in [5.41, 5.74) is 2.32. The van der Waals surface area contributed by atoms with Crippen molar-refractivity contribution in [3.05, 3.63) is 29.8 Å². The van der Waals surface area contributed by atoms with Gasteiger partial charge >= 0.3 is 0 Å². The van der Waals surface area contributed by atoms with E-state index in [1.54, 1.807) is 6.26 Å². The molecule has 0 fully saturated rings. The van der Waals surface area contributed by atoms with Gasteiger partial charge in [0.25, 0.3) is 0 Å². The molecule has 1 amide bonds. The molecule has 0 radical (unpaired) electrons. The molecule has 1 aliphatic heterocycles. The fraction of sp³-hybridized carbons (Fsp3) is 0.562. The lowest BCUT2D eigenvalue weighted by molar-refractivity contribution is -0.125. The average Bonchev–Trinajstić information content (AvgIpc) is 2.46. The minimum absolute atomic E-state index is 0.0534. The Bertz CT molecular complexity index is 533. The summed E-state index contributed by atoms with van der Waals surface area (Å²) in [6.07, 6.45) is 3.22. The van der Waals surface area contributed by atoms with Gasteiger partial charge in [-0.1, -0.05) is 25.1 Å². The van der Waals surface area contributed by atoms with E-state index in [0.717, 1.165) is 18.5 Å². The Morgan fingerprint density at radius 2 is 2.19 bits per heavy atom. The van der Waals surface area contributed by atoms with Crippen molar-refractivity contribution in [2.45, 2.75) is 38.0 Å². The van der Waals surface area contributed by atoms with Crippen molar-refractivity contribution in [3.8, 4) is 0 Å². The summed E-state index contributed by atoms with van der Waals surface area (Å²) in [6, 6.07) is 8.25. The Morgan fingerprint density at radius 3 is 2.90 bits per heavy atom. The van der Waals surface area contributed by atoms with Gasteiger partial charge in [-0.2, -0.15) is 0 Å². The second kappa shape index (κ2) is 7.07. The van der Waals surface area contributed by atoms with Crippen LogP contribution in [0.3, 0.4) is 0 Å². The van der Waals surface area contributed by atoms with Gasteiger partial charge in [-0.3, -0.25) is 9.00 Å². The maximum atomic E-state index is 12.3. The van der Waals surface area contributed by atoms with E-state index >= 15 is 0 Å². The molecule has 0 saturated heterocycles. The predicted octanol–water partition coefficient (Wildman–Crippen LogP) is 1.93. The Balaban J connectivity index is 1.90. The van der Waals surface area contributed by atoms with E-state index in [9.17, 15) is 9.00 Å². The van der Waals surface area contributed by atoms with Crippen LogP contribution in [0.4, 0.5) is 5.69 Å². The summed E-state index contributed by atoms with van der Waals surface area (Å²) in [5.74, 6) is 0.0286. The zero-order valence-electron chi connectivity index (χ0n) is 12.9. The summed E-state index contributed by atoms with van der Waals surface area (Å²) in [5, 5.41) is 6.50. The number of carbonyl (C=O) groups excluding carboxylic acids is 1. The second-order valence-electron chi connectivity index (χ2n) is 5.79. The lowest BCUT2D eigenvalue weighted by atomic mass is 9.87. The molecule has 2 rings (SSSR count). The molecule has 0 saturated carbocycles. The molecule has 1 heterocycles. The van der Waals surface area contributed by atoms with Crippen LogP contribution in [-0.4, -0.2) is 34.2 Å². The SMILES string of the molecule is CC1Nc2ccccc2CC1C(=O)NCCC(C)S(C)=O. The van der Waals surface area contributed by atoms with Gasteiger partial charge in [-0.05, 0) is 31.4 Å². The number of carbonyl (C=O) groups is 1. The molecular weight excluding hydrogens is 284 g/mol. The van der Waals surface area contributed by atoms with Crippen LogP contribution in [0, 0.1) is 5.92 Å². The van der Waals surface area contributed by atoms with Crippen LogP contribution in [0.2, 0.25) is 0 Å². The Kier molecular flexibility index (Phi) is 5.39. The van der Waals surface area contributed by atoms with Crippen LogP contribution in [0.5, 0.6) is 0 Å². The first-order valence-corrected chi connectivity index (χ1v) is 9.05. The topological polar surface area (TPSA) is 58.2 Å². The zero-order chi connectivity index (χ0) is 15.4. The fourth-order valence-electron chi connectivity index (χ4n) is 2.61.